The van der Waals surface area contributed by atoms with Gasteiger partial charge in [-0.15, -0.1) is 11.3 Å². The van der Waals surface area contributed by atoms with Gasteiger partial charge in [0.05, 0.1) is 18.7 Å². The standard InChI is InChI=1S/C18H24N2O2S/c1-4-6-11-20(3)17(21)12-15-13-23-18(19-15)14-7-9-16(10-8-14)22-5-2/h7-10,13H,4-6,11-12H2,1-3H3. The molecule has 1 heterocycles. The Morgan fingerprint density at radius 1 is 1.26 bits per heavy atom. The van der Waals surface area contributed by atoms with Crippen LogP contribution in [-0.2, 0) is 11.2 Å². The Balaban J connectivity index is 1.98. The summed E-state index contributed by atoms with van der Waals surface area (Å²) in [6, 6.07) is 7.90. The van der Waals surface area contributed by atoms with Crippen molar-refractivity contribution in [2.24, 2.45) is 0 Å². The normalized spacial score (nSPS) is 10.6. The molecule has 0 N–H and O–H groups in total. The van der Waals surface area contributed by atoms with Crippen molar-refractivity contribution in [3.05, 3.63) is 35.3 Å². The largest absolute Gasteiger partial charge is 0.494 e. The first kappa shape index (κ1) is 17.5. The maximum atomic E-state index is 12.2. The number of nitrogens with zero attached hydrogens (tertiary/aromatic N) is 2. The van der Waals surface area contributed by atoms with Crippen LogP contribution in [0.25, 0.3) is 10.6 Å². The summed E-state index contributed by atoms with van der Waals surface area (Å²) in [5, 5.41) is 2.91. The number of thiazole rings is 1. The van der Waals surface area contributed by atoms with E-state index in [1.165, 1.54) is 0 Å². The third-order valence-corrected chi connectivity index (χ3v) is 4.51. The van der Waals surface area contributed by atoms with Gasteiger partial charge in [-0.25, -0.2) is 4.98 Å². The van der Waals surface area contributed by atoms with Crippen molar-refractivity contribution in [3.8, 4) is 16.3 Å². The lowest BCUT2D eigenvalue weighted by Gasteiger charge is -2.15. The predicted molar refractivity (Wildman–Crippen MR) is 95.0 cm³/mol. The molecule has 23 heavy (non-hydrogen) atoms. The number of hydrogen-bond donors (Lipinski definition) is 0. The monoisotopic (exact) mass is 332 g/mol. The molecule has 0 saturated carbocycles. The molecule has 0 saturated heterocycles. The molecular formula is C18H24N2O2S. The highest BCUT2D eigenvalue weighted by molar-refractivity contribution is 7.13. The van der Waals surface area contributed by atoms with Crippen LogP contribution >= 0.6 is 11.3 Å². The summed E-state index contributed by atoms with van der Waals surface area (Å²) < 4.78 is 5.45. The molecule has 0 aliphatic carbocycles. The molecular weight excluding hydrogens is 308 g/mol. The molecule has 0 bridgehead atoms. The van der Waals surface area contributed by atoms with Gasteiger partial charge in [-0.2, -0.15) is 0 Å². The lowest BCUT2D eigenvalue weighted by Crippen LogP contribution is -2.29. The molecule has 0 spiro atoms. The van der Waals surface area contributed by atoms with Gasteiger partial charge in [-0.05, 0) is 37.6 Å². The molecule has 2 rings (SSSR count). The Morgan fingerprint density at radius 2 is 2.00 bits per heavy atom. The molecule has 0 aliphatic heterocycles. The van der Waals surface area contributed by atoms with Crippen molar-refractivity contribution in [3.63, 3.8) is 0 Å². The molecule has 1 aromatic carbocycles. The second-order valence-corrected chi connectivity index (χ2v) is 6.31. The van der Waals surface area contributed by atoms with E-state index >= 15 is 0 Å². The minimum absolute atomic E-state index is 0.127. The van der Waals surface area contributed by atoms with E-state index in [1.807, 2.05) is 43.6 Å². The lowest BCUT2D eigenvalue weighted by atomic mass is 10.2. The molecule has 0 fully saturated rings. The van der Waals surface area contributed by atoms with E-state index in [0.717, 1.165) is 41.4 Å². The third kappa shape index (κ3) is 5.06. The fourth-order valence-corrected chi connectivity index (χ4v) is 3.02. The minimum atomic E-state index is 0.127. The van der Waals surface area contributed by atoms with Gasteiger partial charge in [-0.1, -0.05) is 13.3 Å². The summed E-state index contributed by atoms with van der Waals surface area (Å²) in [6.07, 6.45) is 2.50. The molecule has 124 valence electrons. The number of amides is 1. The molecule has 1 aromatic heterocycles. The Kier molecular flexibility index (Phi) is 6.59. The number of aromatic nitrogens is 1. The quantitative estimate of drug-likeness (QED) is 0.733. The summed E-state index contributed by atoms with van der Waals surface area (Å²) in [6.45, 7) is 5.57. The van der Waals surface area contributed by atoms with Gasteiger partial charge in [0.25, 0.3) is 0 Å². The number of hydrogen-bond acceptors (Lipinski definition) is 4. The molecule has 1 amide bonds. The SMILES string of the molecule is CCCCN(C)C(=O)Cc1csc(-c2ccc(OCC)cc2)n1. The molecule has 0 atom stereocenters. The molecule has 4 nitrogen and oxygen atoms in total. The fraction of sp³-hybridized carbons (Fsp3) is 0.444. The summed E-state index contributed by atoms with van der Waals surface area (Å²) in [5.41, 5.74) is 1.89. The smallest absolute Gasteiger partial charge is 0.228 e. The average Bonchev–Trinajstić information content (AvgIpc) is 3.02. The highest BCUT2D eigenvalue weighted by atomic mass is 32.1. The van der Waals surface area contributed by atoms with Gasteiger partial charge in [0.2, 0.25) is 5.91 Å². The first-order chi connectivity index (χ1) is 11.1. The van der Waals surface area contributed by atoms with Crippen LogP contribution in [0.3, 0.4) is 0 Å². The van der Waals surface area contributed by atoms with Crippen molar-refractivity contribution < 1.29 is 9.53 Å². The van der Waals surface area contributed by atoms with Crippen LogP contribution in [0.1, 0.15) is 32.4 Å². The van der Waals surface area contributed by atoms with E-state index < -0.39 is 0 Å². The maximum absolute atomic E-state index is 12.2. The van der Waals surface area contributed by atoms with Crippen LogP contribution in [0.5, 0.6) is 5.75 Å². The molecule has 0 unspecified atom stereocenters. The van der Waals surface area contributed by atoms with Gasteiger partial charge >= 0.3 is 0 Å². The zero-order valence-electron chi connectivity index (χ0n) is 14.0. The first-order valence-electron chi connectivity index (χ1n) is 8.05. The number of carbonyl (C=O) groups is 1. The summed E-state index contributed by atoms with van der Waals surface area (Å²) in [7, 11) is 1.86. The molecule has 0 aliphatic rings. The van der Waals surface area contributed by atoms with E-state index in [4.69, 9.17) is 4.74 Å². The topological polar surface area (TPSA) is 42.4 Å². The summed E-state index contributed by atoms with van der Waals surface area (Å²) in [5.74, 6) is 0.989. The van der Waals surface area contributed by atoms with Gasteiger partial charge in [0.15, 0.2) is 0 Å². The number of likely N-dealkylation sites (N-methyl/N-ethyl adjacent to an activating group) is 1. The van der Waals surface area contributed by atoms with Gasteiger partial charge in [0, 0.05) is 24.5 Å². The van der Waals surface area contributed by atoms with Gasteiger partial charge < -0.3 is 9.64 Å². The van der Waals surface area contributed by atoms with E-state index in [1.54, 1.807) is 16.2 Å². The van der Waals surface area contributed by atoms with Crippen LogP contribution in [-0.4, -0.2) is 36.0 Å². The number of ether oxygens (including phenoxy) is 1. The van der Waals surface area contributed by atoms with Crippen molar-refractivity contribution >= 4 is 17.2 Å². The van der Waals surface area contributed by atoms with Crippen LogP contribution in [0.2, 0.25) is 0 Å². The zero-order valence-corrected chi connectivity index (χ0v) is 14.9. The highest BCUT2D eigenvalue weighted by Crippen LogP contribution is 2.26. The molecule has 2 aromatic rings. The van der Waals surface area contributed by atoms with Crippen LogP contribution in [0.4, 0.5) is 0 Å². The minimum Gasteiger partial charge on any atom is -0.494 e. The van der Waals surface area contributed by atoms with Crippen LogP contribution in [0.15, 0.2) is 29.6 Å². The number of carbonyl (C=O) groups excluding carboxylic acids is 1. The van der Waals surface area contributed by atoms with Crippen molar-refractivity contribution in [2.75, 3.05) is 20.2 Å². The second kappa shape index (κ2) is 8.67. The van der Waals surface area contributed by atoms with E-state index in [2.05, 4.69) is 11.9 Å². The Morgan fingerprint density at radius 3 is 2.65 bits per heavy atom. The van der Waals surface area contributed by atoms with E-state index in [0.29, 0.717) is 13.0 Å². The first-order valence-corrected chi connectivity index (χ1v) is 8.93. The summed E-state index contributed by atoms with van der Waals surface area (Å²) >= 11 is 1.57. The van der Waals surface area contributed by atoms with Crippen molar-refractivity contribution in [1.82, 2.24) is 9.88 Å². The van der Waals surface area contributed by atoms with Crippen LogP contribution < -0.4 is 4.74 Å². The number of unbranched alkanes of at least 4 members (excludes halogenated alkanes) is 1. The number of benzene rings is 1. The molecule has 0 radical (unpaired) electrons. The van der Waals surface area contributed by atoms with Crippen molar-refractivity contribution in [2.45, 2.75) is 33.1 Å². The van der Waals surface area contributed by atoms with Gasteiger partial charge in [-0.3, -0.25) is 4.79 Å². The Hall–Kier alpha value is -1.88. The van der Waals surface area contributed by atoms with E-state index in [-0.39, 0.29) is 5.91 Å². The Labute approximate surface area is 142 Å². The summed E-state index contributed by atoms with van der Waals surface area (Å²) in [4.78, 5) is 18.5. The van der Waals surface area contributed by atoms with Gasteiger partial charge in [0.1, 0.15) is 10.8 Å². The average molecular weight is 332 g/mol. The van der Waals surface area contributed by atoms with Crippen molar-refractivity contribution in [1.29, 1.82) is 0 Å². The fourth-order valence-electron chi connectivity index (χ4n) is 2.19. The highest BCUT2D eigenvalue weighted by Gasteiger charge is 2.12. The zero-order chi connectivity index (χ0) is 16.7. The number of rotatable bonds is 8. The second-order valence-electron chi connectivity index (χ2n) is 5.45. The predicted octanol–water partition coefficient (Wildman–Crippen LogP) is 4.01. The Bertz CT molecular complexity index is 622. The third-order valence-electron chi connectivity index (χ3n) is 3.57. The lowest BCUT2D eigenvalue weighted by molar-refractivity contribution is -0.129. The maximum Gasteiger partial charge on any atom is 0.228 e. The van der Waals surface area contributed by atoms with E-state index in [9.17, 15) is 4.79 Å². The molecule has 5 heteroatoms. The van der Waals surface area contributed by atoms with Crippen LogP contribution in [0, 0.1) is 0 Å².